The van der Waals surface area contributed by atoms with Crippen LogP contribution in [-0.4, -0.2) is 61.7 Å². The molecular weight excluding hydrogens is 401 g/mol. The molecule has 0 N–H and O–H groups in total. The van der Waals surface area contributed by atoms with Crippen molar-refractivity contribution in [3.8, 4) is 0 Å². The molecule has 0 aliphatic rings. The van der Waals surface area contributed by atoms with Crippen LogP contribution in [0.2, 0.25) is 0 Å². The fourth-order valence-corrected chi connectivity index (χ4v) is 2.79. The Morgan fingerprint density at radius 2 is 1.36 bits per heavy atom. The van der Waals surface area contributed by atoms with E-state index in [9.17, 15) is 52.7 Å². The molecule has 5 nitrogen and oxygen atoms in total. The van der Waals surface area contributed by atoms with E-state index in [2.05, 4.69) is 4.74 Å². The first-order valence-corrected chi connectivity index (χ1v) is 7.71. The van der Waals surface area contributed by atoms with E-state index in [-0.39, 0.29) is 6.61 Å². The van der Waals surface area contributed by atoms with E-state index in [4.69, 9.17) is 0 Å². The Hall–Kier alpha value is -1.25. The molecule has 0 unspecified atom stereocenters. The van der Waals surface area contributed by atoms with Gasteiger partial charge >= 0.3 is 29.2 Å². The minimum atomic E-state index is -7.36. The lowest BCUT2D eigenvalue weighted by Crippen LogP contribution is -2.65. The second-order valence-corrected chi connectivity index (χ2v) is 6.38. The highest BCUT2D eigenvalue weighted by Gasteiger charge is 2.85. The maximum atomic E-state index is 13.6. The maximum Gasteiger partial charge on any atom is 0.460 e. The van der Waals surface area contributed by atoms with E-state index >= 15 is 0 Å². The summed E-state index contributed by atoms with van der Waals surface area (Å²) in [7, 11) is -6.80. The van der Waals surface area contributed by atoms with Crippen molar-refractivity contribution < 1.29 is 57.5 Å². The molecule has 0 aromatic carbocycles. The van der Waals surface area contributed by atoms with E-state index in [1.165, 1.54) is 6.92 Å². The van der Waals surface area contributed by atoms with Crippen LogP contribution in [-0.2, 0) is 19.6 Å². The highest BCUT2D eigenvalue weighted by molar-refractivity contribution is 7.90. The smallest absolute Gasteiger partial charge is 0.460 e. The summed E-state index contributed by atoms with van der Waals surface area (Å²) in [5.74, 6) is -16.2. The van der Waals surface area contributed by atoms with Gasteiger partial charge in [-0.15, -0.1) is 0 Å². The molecule has 150 valence electrons. The molecule has 0 aliphatic carbocycles. The van der Waals surface area contributed by atoms with Crippen LogP contribution in [0.4, 0.5) is 39.5 Å². The standard InChI is InChI=1S/C10H12F9NO4S/c1-3-20(5-6(21)24-4-2)25(22,23)10(18,19)8(13,14)7(11,12)9(15,16)17/h3-5H2,1-2H3. The van der Waals surface area contributed by atoms with Crippen LogP contribution in [0.25, 0.3) is 0 Å². The van der Waals surface area contributed by atoms with Crippen LogP contribution in [0.15, 0.2) is 0 Å². The molecule has 0 atom stereocenters. The highest BCUT2D eigenvalue weighted by Crippen LogP contribution is 2.55. The average molecular weight is 413 g/mol. The van der Waals surface area contributed by atoms with Gasteiger partial charge in [0.1, 0.15) is 6.54 Å². The topological polar surface area (TPSA) is 63.7 Å². The van der Waals surface area contributed by atoms with Crippen molar-refractivity contribution in [1.82, 2.24) is 4.31 Å². The number of rotatable bonds is 8. The zero-order valence-corrected chi connectivity index (χ0v) is 13.3. The Kier molecular flexibility index (Phi) is 6.81. The molecule has 0 aromatic rings. The SMILES string of the molecule is CCOC(=O)CN(CC)S(=O)(=O)C(F)(F)C(F)(F)C(F)(F)C(F)(F)F. The number of alkyl halides is 9. The molecule has 0 spiro atoms. The molecule has 0 saturated heterocycles. The van der Waals surface area contributed by atoms with E-state index in [0.717, 1.165) is 6.92 Å². The predicted octanol–water partition coefficient (Wildman–Crippen LogP) is 2.63. The van der Waals surface area contributed by atoms with E-state index in [1.54, 1.807) is 0 Å². The van der Waals surface area contributed by atoms with Crippen molar-refractivity contribution in [2.24, 2.45) is 0 Å². The number of sulfonamides is 1. The monoisotopic (exact) mass is 413 g/mol. The molecule has 0 bridgehead atoms. The highest BCUT2D eigenvalue weighted by atomic mass is 32.2. The van der Waals surface area contributed by atoms with Gasteiger partial charge in [0.05, 0.1) is 6.61 Å². The van der Waals surface area contributed by atoms with Gasteiger partial charge in [-0.05, 0) is 6.92 Å². The molecule has 0 rings (SSSR count). The summed E-state index contributed by atoms with van der Waals surface area (Å²) < 4.78 is 142. The lowest BCUT2D eigenvalue weighted by Gasteiger charge is -2.35. The molecule has 0 heterocycles. The number of esters is 1. The number of carbonyl (C=O) groups excluding carboxylic acids is 1. The van der Waals surface area contributed by atoms with Crippen molar-refractivity contribution in [3.05, 3.63) is 0 Å². The van der Waals surface area contributed by atoms with Crippen molar-refractivity contribution in [2.45, 2.75) is 37.1 Å². The lowest BCUT2D eigenvalue weighted by molar-refractivity contribution is -0.382. The summed E-state index contributed by atoms with van der Waals surface area (Å²) in [5, 5.41) is -6.87. The molecule has 0 radical (unpaired) electrons. The van der Waals surface area contributed by atoms with E-state index in [0.29, 0.717) is 0 Å². The van der Waals surface area contributed by atoms with E-state index < -0.39 is 56.7 Å². The van der Waals surface area contributed by atoms with Crippen LogP contribution < -0.4 is 0 Å². The third-order valence-electron chi connectivity index (χ3n) is 2.74. The minimum Gasteiger partial charge on any atom is -0.465 e. The molecule has 0 aliphatic heterocycles. The Morgan fingerprint density at radius 1 is 0.920 bits per heavy atom. The molecule has 0 fully saturated rings. The third-order valence-corrected chi connectivity index (χ3v) is 4.71. The summed E-state index contributed by atoms with van der Waals surface area (Å²) >= 11 is 0. The third kappa shape index (κ3) is 3.96. The number of nitrogens with zero attached hydrogens (tertiary/aromatic N) is 1. The van der Waals surface area contributed by atoms with E-state index in [1.807, 2.05) is 0 Å². The molecule has 15 heteroatoms. The number of likely N-dealkylation sites (N-methyl/N-ethyl adjacent to an activating group) is 1. The zero-order chi connectivity index (χ0) is 20.5. The van der Waals surface area contributed by atoms with Gasteiger partial charge in [-0.25, -0.2) is 8.42 Å². The van der Waals surface area contributed by atoms with Gasteiger partial charge < -0.3 is 4.74 Å². The Morgan fingerprint density at radius 3 is 1.68 bits per heavy atom. The fourth-order valence-electron chi connectivity index (χ4n) is 1.40. The Labute approximate surface area is 135 Å². The number of hydrogen-bond acceptors (Lipinski definition) is 4. The second kappa shape index (κ2) is 7.17. The normalized spacial score (nSPS) is 14.7. The van der Waals surface area contributed by atoms with Crippen LogP contribution in [0.3, 0.4) is 0 Å². The second-order valence-electron chi connectivity index (χ2n) is 4.40. The van der Waals surface area contributed by atoms with Crippen molar-refractivity contribution in [2.75, 3.05) is 19.7 Å². The zero-order valence-electron chi connectivity index (χ0n) is 12.5. The van der Waals surface area contributed by atoms with Gasteiger partial charge in [0.25, 0.3) is 10.0 Å². The Bertz CT molecular complexity index is 588. The van der Waals surface area contributed by atoms with Gasteiger partial charge in [-0.3, -0.25) is 4.79 Å². The lowest BCUT2D eigenvalue weighted by atomic mass is 10.1. The molecule has 0 aromatic heterocycles. The van der Waals surface area contributed by atoms with Gasteiger partial charge in [0.2, 0.25) is 0 Å². The summed E-state index contributed by atoms with van der Waals surface area (Å²) in [6.07, 6.45) is -7.16. The van der Waals surface area contributed by atoms with Gasteiger partial charge in [0.15, 0.2) is 0 Å². The van der Waals surface area contributed by atoms with Crippen LogP contribution in [0.5, 0.6) is 0 Å². The number of ether oxygens (including phenoxy) is 1. The number of hydrogen-bond donors (Lipinski definition) is 0. The average Bonchev–Trinajstić information content (AvgIpc) is 2.42. The Balaban J connectivity index is 6.06. The first kappa shape index (κ1) is 23.8. The molecular formula is C10H12F9NO4S. The summed E-state index contributed by atoms with van der Waals surface area (Å²) in [6.45, 7) is -1.09. The van der Waals surface area contributed by atoms with Crippen molar-refractivity contribution in [3.63, 3.8) is 0 Å². The fraction of sp³-hybridized carbons (Fsp3) is 0.900. The van der Waals surface area contributed by atoms with Crippen molar-refractivity contribution in [1.29, 1.82) is 0 Å². The first-order valence-electron chi connectivity index (χ1n) is 6.27. The largest absolute Gasteiger partial charge is 0.465 e. The summed E-state index contributed by atoms with van der Waals surface area (Å²) in [4.78, 5) is 11.1. The maximum absolute atomic E-state index is 13.6. The van der Waals surface area contributed by atoms with Crippen LogP contribution >= 0.6 is 0 Å². The summed E-state index contributed by atoms with van der Waals surface area (Å²) in [6, 6.07) is 0. The van der Waals surface area contributed by atoms with Gasteiger partial charge in [-0.2, -0.15) is 43.8 Å². The summed E-state index contributed by atoms with van der Waals surface area (Å²) in [5.41, 5.74) is 0. The van der Waals surface area contributed by atoms with Crippen molar-refractivity contribution >= 4 is 16.0 Å². The number of carbonyl (C=O) groups is 1. The number of halogens is 9. The quantitative estimate of drug-likeness (QED) is 0.454. The molecule has 0 saturated carbocycles. The van der Waals surface area contributed by atoms with Gasteiger partial charge in [0, 0.05) is 6.54 Å². The van der Waals surface area contributed by atoms with Gasteiger partial charge in [-0.1, -0.05) is 6.92 Å². The molecule has 0 amide bonds. The van der Waals surface area contributed by atoms with Crippen LogP contribution in [0, 0.1) is 0 Å². The minimum absolute atomic E-state index is 0.366. The first-order chi connectivity index (χ1) is 10.9. The van der Waals surface area contributed by atoms with Crippen LogP contribution in [0.1, 0.15) is 13.8 Å². The predicted molar refractivity (Wildman–Crippen MR) is 63.7 cm³/mol. The molecule has 25 heavy (non-hydrogen) atoms.